The Bertz CT molecular complexity index is 161. The first kappa shape index (κ1) is 13.4. The first-order valence-corrected chi connectivity index (χ1v) is 5.14. The number of nitrogens with zero attached hydrogens (tertiary/aromatic N) is 1. The number of ether oxygens (including phenoxy) is 1. The van der Waals surface area contributed by atoms with Gasteiger partial charge in [0.1, 0.15) is 0 Å². The summed E-state index contributed by atoms with van der Waals surface area (Å²) in [6.45, 7) is 9.37. The average Bonchev–Trinajstić information content (AvgIpc) is 2.16. The number of hydrogen-bond donors (Lipinski definition) is 1. The molecule has 0 aliphatic carbocycles. The molecule has 0 saturated carbocycles. The molecule has 4 nitrogen and oxygen atoms in total. The molecule has 4 heteroatoms. The molecule has 0 aliphatic rings. The maximum Gasteiger partial charge on any atom is 0.307 e. The smallest absolute Gasteiger partial charge is 0.307 e. The normalized spacial score (nSPS) is 13.1. The van der Waals surface area contributed by atoms with Crippen molar-refractivity contribution in [1.82, 2.24) is 4.90 Å². The number of likely N-dealkylation sites (N-methyl/N-ethyl adjacent to an activating group) is 1. The monoisotopic (exact) mass is 203 g/mol. The maximum absolute atomic E-state index is 10.6. The van der Waals surface area contributed by atoms with E-state index in [1.54, 1.807) is 6.92 Å². The third-order valence-corrected chi connectivity index (χ3v) is 2.16. The number of hydrogen-bond acceptors (Lipinski definition) is 3. The summed E-state index contributed by atoms with van der Waals surface area (Å²) in [6.07, 6.45) is 0. The zero-order valence-electron chi connectivity index (χ0n) is 9.32. The molecule has 0 aromatic heterocycles. The number of carbonyl (C=O) groups is 1. The minimum Gasteiger partial charge on any atom is -0.481 e. The van der Waals surface area contributed by atoms with E-state index in [2.05, 4.69) is 4.90 Å². The van der Waals surface area contributed by atoms with Crippen molar-refractivity contribution in [3.63, 3.8) is 0 Å². The predicted molar refractivity (Wildman–Crippen MR) is 55.4 cm³/mol. The number of rotatable bonds is 8. The second-order valence-corrected chi connectivity index (χ2v) is 3.33. The van der Waals surface area contributed by atoms with Crippen LogP contribution in [0.3, 0.4) is 0 Å². The van der Waals surface area contributed by atoms with Crippen molar-refractivity contribution in [3.8, 4) is 0 Å². The minimum atomic E-state index is -0.736. The Kier molecular flexibility index (Phi) is 7.42. The molecule has 0 aromatic carbocycles. The van der Waals surface area contributed by atoms with Crippen LogP contribution < -0.4 is 0 Å². The molecule has 84 valence electrons. The van der Waals surface area contributed by atoms with Crippen molar-refractivity contribution in [3.05, 3.63) is 0 Å². The molecule has 0 radical (unpaired) electrons. The van der Waals surface area contributed by atoms with E-state index in [9.17, 15) is 4.79 Å². The molecule has 0 bridgehead atoms. The van der Waals surface area contributed by atoms with Gasteiger partial charge in [0.05, 0.1) is 12.5 Å². The van der Waals surface area contributed by atoms with Crippen LogP contribution in [0.1, 0.15) is 20.8 Å². The van der Waals surface area contributed by atoms with Crippen LogP contribution in [0.2, 0.25) is 0 Å². The molecule has 0 heterocycles. The molecule has 14 heavy (non-hydrogen) atoms. The molecule has 0 aromatic rings. The van der Waals surface area contributed by atoms with Gasteiger partial charge in [-0.25, -0.2) is 0 Å². The summed E-state index contributed by atoms with van der Waals surface area (Å²) in [4.78, 5) is 12.7. The lowest BCUT2D eigenvalue weighted by Crippen LogP contribution is -2.34. The van der Waals surface area contributed by atoms with Crippen LogP contribution in [0.15, 0.2) is 0 Å². The van der Waals surface area contributed by atoms with E-state index in [-0.39, 0.29) is 5.92 Å². The molecular weight excluding hydrogens is 182 g/mol. The summed E-state index contributed by atoms with van der Waals surface area (Å²) in [5.41, 5.74) is 0. The third-order valence-electron chi connectivity index (χ3n) is 2.16. The van der Waals surface area contributed by atoms with E-state index in [4.69, 9.17) is 9.84 Å². The Morgan fingerprint density at radius 1 is 1.50 bits per heavy atom. The van der Waals surface area contributed by atoms with Crippen molar-refractivity contribution < 1.29 is 14.6 Å². The quantitative estimate of drug-likeness (QED) is 0.599. The molecule has 1 N–H and O–H groups in total. The summed E-state index contributed by atoms with van der Waals surface area (Å²) in [5, 5.41) is 8.74. The Labute approximate surface area is 85.9 Å². The molecule has 0 spiro atoms. The van der Waals surface area contributed by atoms with Gasteiger partial charge >= 0.3 is 5.97 Å². The second kappa shape index (κ2) is 7.76. The lowest BCUT2D eigenvalue weighted by molar-refractivity contribution is -0.141. The lowest BCUT2D eigenvalue weighted by atomic mass is 10.2. The first-order chi connectivity index (χ1) is 6.61. The zero-order chi connectivity index (χ0) is 11.0. The molecule has 0 fully saturated rings. The van der Waals surface area contributed by atoms with Gasteiger partial charge in [0.25, 0.3) is 0 Å². The highest BCUT2D eigenvalue weighted by Gasteiger charge is 2.14. The fourth-order valence-corrected chi connectivity index (χ4v) is 1.18. The van der Waals surface area contributed by atoms with Gasteiger partial charge in [-0.2, -0.15) is 0 Å². The molecule has 0 amide bonds. The molecule has 0 aliphatic heterocycles. The SMILES string of the molecule is CCOCCN(CC)CC(C)C(=O)O. The summed E-state index contributed by atoms with van der Waals surface area (Å²) in [5.74, 6) is -1.04. The Morgan fingerprint density at radius 2 is 2.14 bits per heavy atom. The van der Waals surface area contributed by atoms with Crippen LogP contribution in [-0.4, -0.2) is 48.8 Å². The van der Waals surface area contributed by atoms with Crippen molar-refractivity contribution in [1.29, 1.82) is 0 Å². The standard InChI is InChI=1S/C10H21NO3/c1-4-11(6-7-14-5-2)8-9(3)10(12)13/h9H,4-8H2,1-3H3,(H,12,13). The Morgan fingerprint density at radius 3 is 2.57 bits per heavy atom. The van der Waals surface area contributed by atoms with Crippen LogP contribution in [-0.2, 0) is 9.53 Å². The number of carboxylic acids is 1. The third kappa shape index (κ3) is 5.94. The van der Waals surface area contributed by atoms with E-state index >= 15 is 0 Å². The Balaban J connectivity index is 3.72. The van der Waals surface area contributed by atoms with Gasteiger partial charge in [-0.1, -0.05) is 13.8 Å². The van der Waals surface area contributed by atoms with Gasteiger partial charge in [-0.05, 0) is 13.5 Å². The van der Waals surface area contributed by atoms with Crippen molar-refractivity contribution >= 4 is 5.97 Å². The van der Waals surface area contributed by atoms with Crippen molar-refractivity contribution in [2.75, 3.05) is 32.8 Å². The number of aliphatic carboxylic acids is 1. The largest absolute Gasteiger partial charge is 0.481 e. The lowest BCUT2D eigenvalue weighted by Gasteiger charge is -2.22. The van der Waals surface area contributed by atoms with Crippen LogP contribution in [0.25, 0.3) is 0 Å². The maximum atomic E-state index is 10.6. The molecule has 0 saturated heterocycles. The molecular formula is C10H21NO3. The van der Waals surface area contributed by atoms with E-state index < -0.39 is 5.97 Å². The Hall–Kier alpha value is -0.610. The fourth-order valence-electron chi connectivity index (χ4n) is 1.18. The molecule has 1 atom stereocenters. The summed E-state index contributed by atoms with van der Waals surface area (Å²) < 4.78 is 5.22. The predicted octanol–water partition coefficient (Wildman–Crippen LogP) is 1.07. The highest BCUT2D eigenvalue weighted by Crippen LogP contribution is 1.99. The molecule has 0 rings (SSSR count). The van der Waals surface area contributed by atoms with Crippen LogP contribution in [0, 0.1) is 5.92 Å². The first-order valence-electron chi connectivity index (χ1n) is 5.14. The van der Waals surface area contributed by atoms with Crippen LogP contribution >= 0.6 is 0 Å². The number of carboxylic acid groups (broad SMARTS) is 1. The zero-order valence-corrected chi connectivity index (χ0v) is 9.32. The highest BCUT2D eigenvalue weighted by atomic mass is 16.5. The van der Waals surface area contributed by atoms with Crippen LogP contribution in [0.4, 0.5) is 0 Å². The van der Waals surface area contributed by atoms with Crippen molar-refractivity contribution in [2.45, 2.75) is 20.8 Å². The summed E-state index contributed by atoms with van der Waals surface area (Å²) >= 11 is 0. The highest BCUT2D eigenvalue weighted by molar-refractivity contribution is 5.69. The van der Waals surface area contributed by atoms with Gasteiger partial charge in [-0.3, -0.25) is 4.79 Å². The van der Waals surface area contributed by atoms with E-state index in [0.717, 1.165) is 13.1 Å². The minimum absolute atomic E-state index is 0.309. The van der Waals surface area contributed by atoms with Crippen LogP contribution in [0.5, 0.6) is 0 Å². The topological polar surface area (TPSA) is 49.8 Å². The summed E-state index contributed by atoms with van der Waals surface area (Å²) in [6, 6.07) is 0. The average molecular weight is 203 g/mol. The van der Waals surface area contributed by atoms with E-state index in [1.807, 2.05) is 13.8 Å². The van der Waals surface area contributed by atoms with E-state index in [1.165, 1.54) is 0 Å². The fraction of sp³-hybridized carbons (Fsp3) is 0.900. The second-order valence-electron chi connectivity index (χ2n) is 3.33. The van der Waals surface area contributed by atoms with Gasteiger partial charge in [0.15, 0.2) is 0 Å². The van der Waals surface area contributed by atoms with Crippen molar-refractivity contribution in [2.24, 2.45) is 5.92 Å². The van der Waals surface area contributed by atoms with E-state index in [0.29, 0.717) is 19.8 Å². The van der Waals surface area contributed by atoms with Gasteiger partial charge in [-0.15, -0.1) is 0 Å². The van der Waals surface area contributed by atoms with Gasteiger partial charge in [0, 0.05) is 19.7 Å². The summed E-state index contributed by atoms with van der Waals surface area (Å²) in [7, 11) is 0. The van der Waals surface area contributed by atoms with Gasteiger partial charge in [0.2, 0.25) is 0 Å². The molecule has 1 unspecified atom stereocenters. The van der Waals surface area contributed by atoms with Gasteiger partial charge < -0.3 is 14.7 Å².